The number of benzene rings is 2. The highest BCUT2D eigenvalue weighted by Gasteiger charge is 2.17. The smallest absolute Gasteiger partial charge is 0.275 e. The van der Waals surface area contributed by atoms with E-state index in [1.165, 1.54) is 12.1 Å². The molecule has 0 saturated heterocycles. The molecule has 8 nitrogen and oxygen atoms in total. The summed E-state index contributed by atoms with van der Waals surface area (Å²) in [4.78, 5) is 17.0. The van der Waals surface area contributed by atoms with E-state index in [0.29, 0.717) is 28.7 Å². The second kappa shape index (κ2) is 8.31. The number of rotatable bonds is 6. The maximum absolute atomic E-state index is 13.2. The van der Waals surface area contributed by atoms with Crippen LogP contribution in [-0.4, -0.2) is 39.9 Å². The van der Waals surface area contributed by atoms with Gasteiger partial charge in [0.25, 0.3) is 5.91 Å². The van der Waals surface area contributed by atoms with Crippen molar-refractivity contribution in [1.29, 1.82) is 0 Å². The van der Waals surface area contributed by atoms with Gasteiger partial charge in [-0.3, -0.25) is 15.2 Å². The summed E-state index contributed by atoms with van der Waals surface area (Å²) >= 11 is 0. The zero-order chi connectivity index (χ0) is 22.0. The van der Waals surface area contributed by atoms with Crippen LogP contribution in [0, 0.1) is 5.82 Å². The van der Waals surface area contributed by atoms with E-state index in [-0.39, 0.29) is 11.5 Å². The zero-order valence-corrected chi connectivity index (χ0v) is 17.1. The van der Waals surface area contributed by atoms with Crippen molar-refractivity contribution < 1.29 is 18.7 Å². The molecule has 0 fully saturated rings. The Bertz CT molecular complexity index is 1230. The van der Waals surface area contributed by atoms with Crippen molar-refractivity contribution in [2.75, 3.05) is 19.5 Å². The molecule has 0 bridgehead atoms. The molecule has 0 unspecified atom stereocenters. The lowest BCUT2D eigenvalue weighted by atomic mass is 10.1. The number of imidazole rings is 1. The molecule has 158 valence electrons. The first kappa shape index (κ1) is 20.1. The monoisotopic (exact) mass is 421 g/mol. The number of methoxy groups -OCH3 is 2. The highest BCUT2D eigenvalue weighted by atomic mass is 19.1. The second-order valence-electron chi connectivity index (χ2n) is 6.72. The summed E-state index contributed by atoms with van der Waals surface area (Å²) in [5.74, 6) is 0.864. The average Bonchev–Trinajstić information content (AvgIpc) is 3.41. The van der Waals surface area contributed by atoms with Crippen molar-refractivity contribution in [1.82, 2.24) is 19.7 Å². The molecule has 2 aromatic carbocycles. The number of aromatic amines is 1. The number of anilines is 1. The fourth-order valence-electron chi connectivity index (χ4n) is 3.17. The average molecular weight is 421 g/mol. The predicted octanol–water partition coefficient (Wildman–Crippen LogP) is 3.89. The number of amides is 1. The number of halogens is 1. The molecule has 0 radical (unpaired) electrons. The fraction of sp³-hybridized carbons (Fsp3) is 0.136. The molecule has 2 heterocycles. The number of hydrogen-bond acceptors (Lipinski definition) is 5. The van der Waals surface area contributed by atoms with E-state index >= 15 is 0 Å². The molecule has 2 aromatic heterocycles. The van der Waals surface area contributed by atoms with Crippen molar-refractivity contribution in [3.8, 4) is 34.0 Å². The van der Waals surface area contributed by atoms with E-state index < -0.39 is 5.91 Å². The Kier molecular flexibility index (Phi) is 5.40. The van der Waals surface area contributed by atoms with E-state index in [4.69, 9.17) is 9.47 Å². The Morgan fingerprint density at radius 2 is 1.87 bits per heavy atom. The first-order valence-electron chi connectivity index (χ1n) is 9.37. The van der Waals surface area contributed by atoms with Crippen LogP contribution in [0.4, 0.5) is 10.3 Å². The molecule has 0 atom stereocenters. The van der Waals surface area contributed by atoms with Gasteiger partial charge < -0.3 is 14.0 Å². The van der Waals surface area contributed by atoms with Gasteiger partial charge in [-0.1, -0.05) is 0 Å². The molecule has 0 saturated carbocycles. The lowest BCUT2D eigenvalue weighted by Gasteiger charge is -2.08. The van der Waals surface area contributed by atoms with Gasteiger partial charge in [-0.25, -0.2) is 9.37 Å². The van der Waals surface area contributed by atoms with Gasteiger partial charge in [-0.2, -0.15) is 5.10 Å². The van der Waals surface area contributed by atoms with Crippen LogP contribution in [0.3, 0.4) is 0 Å². The van der Waals surface area contributed by atoms with E-state index in [0.717, 1.165) is 11.3 Å². The largest absolute Gasteiger partial charge is 0.497 e. The highest BCUT2D eigenvalue weighted by molar-refractivity contribution is 6.02. The maximum atomic E-state index is 13.2. The minimum absolute atomic E-state index is 0.263. The van der Waals surface area contributed by atoms with Gasteiger partial charge in [0, 0.05) is 24.2 Å². The molecule has 9 heteroatoms. The molecular formula is C22H20FN5O3. The van der Waals surface area contributed by atoms with Crippen molar-refractivity contribution in [3.63, 3.8) is 0 Å². The standard InChI is InChI=1S/C22H20FN5O3/c1-28-19(13-4-6-14(23)7-5-13)12-24-22(28)25-21(29)18-11-17(26-27-18)16-9-8-15(30-2)10-20(16)31-3/h4-12H,1-3H3,(H,26,27)(H,24,25,29). The summed E-state index contributed by atoms with van der Waals surface area (Å²) in [5.41, 5.74) is 3.06. The topological polar surface area (TPSA) is 94.1 Å². The molecule has 1 amide bonds. The Morgan fingerprint density at radius 3 is 2.58 bits per heavy atom. The third-order valence-corrected chi connectivity index (χ3v) is 4.86. The normalized spacial score (nSPS) is 10.7. The number of carbonyl (C=O) groups excluding carboxylic acids is 1. The number of aromatic nitrogens is 4. The van der Waals surface area contributed by atoms with Crippen molar-refractivity contribution in [2.45, 2.75) is 0 Å². The zero-order valence-electron chi connectivity index (χ0n) is 17.1. The number of hydrogen-bond donors (Lipinski definition) is 2. The van der Waals surface area contributed by atoms with Gasteiger partial charge in [0.15, 0.2) is 0 Å². The summed E-state index contributed by atoms with van der Waals surface area (Å²) in [6, 6.07) is 13.0. The molecule has 4 aromatic rings. The van der Waals surface area contributed by atoms with Gasteiger partial charge >= 0.3 is 0 Å². The number of carbonyl (C=O) groups is 1. The lowest BCUT2D eigenvalue weighted by molar-refractivity contribution is 0.102. The lowest BCUT2D eigenvalue weighted by Crippen LogP contribution is -2.15. The molecular weight excluding hydrogens is 401 g/mol. The predicted molar refractivity (Wildman–Crippen MR) is 114 cm³/mol. The van der Waals surface area contributed by atoms with Crippen LogP contribution < -0.4 is 14.8 Å². The molecule has 0 spiro atoms. The van der Waals surface area contributed by atoms with Crippen LogP contribution in [0.5, 0.6) is 11.5 Å². The van der Waals surface area contributed by atoms with E-state index in [1.807, 2.05) is 6.07 Å². The van der Waals surface area contributed by atoms with Gasteiger partial charge in [0.1, 0.15) is 23.0 Å². The number of ether oxygens (including phenoxy) is 2. The minimum atomic E-state index is -0.398. The van der Waals surface area contributed by atoms with Crippen molar-refractivity contribution in [3.05, 3.63) is 66.2 Å². The van der Waals surface area contributed by atoms with Crippen LogP contribution in [-0.2, 0) is 7.05 Å². The first-order chi connectivity index (χ1) is 15.0. The fourth-order valence-corrected chi connectivity index (χ4v) is 3.17. The van der Waals surface area contributed by atoms with E-state index in [1.54, 1.807) is 62.4 Å². The van der Waals surface area contributed by atoms with E-state index in [2.05, 4.69) is 20.5 Å². The SMILES string of the molecule is COc1ccc(-c2cc(C(=O)Nc3ncc(-c4ccc(F)cc4)n3C)[nH]n2)c(OC)c1. The quantitative estimate of drug-likeness (QED) is 0.493. The van der Waals surface area contributed by atoms with Crippen molar-refractivity contribution >= 4 is 11.9 Å². The summed E-state index contributed by atoms with van der Waals surface area (Å²) in [7, 11) is 4.89. The van der Waals surface area contributed by atoms with Crippen LogP contribution in [0.1, 0.15) is 10.5 Å². The molecule has 0 aliphatic rings. The van der Waals surface area contributed by atoms with Gasteiger partial charge in [-0.05, 0) is 42.5 Å². The molecule has 2 N–H and O–H groups in total. The molecule has 4 rings (SSSR count). The Morgan fingerprint density at radius 1 is 1.10 bits per heavy atom. The summed E-state index contributed by atoms with van der Waals surface area (Å²) in [5, 5.41) is 9.72. The number of H-pyrrole nitrogens is 1. The van der Waals surface area contributed by atoms with Crippen LogP contribution in [0.15, 0.2) is 54.7 Å². The Balaban J connectivity index is 1.55. The Labute approximate surface area is 177 Å². The molecule has 31 heavy (non-hydrogen) atoms. The first-order valence-corrected chi connectivity index (χ1v) is 9.37. The Hall–Kier alpha value is -4.14. The summed E-state index contributed by atoms with van der Waals surface area (Å²) in [6.07, 6.45) is 1.61. The van der Waals surface area contributed by atoms with Crippen LogP contribution in [0.25, 0.3) is 22.5 Å². The number of nitrogens with zero attached hydrogens (tertiary/aromatic N) is 3. The molecule has 0 aliphatic heterocycles. The van der Waals surface area contributed by atoms with Crippen LogP contribution in [0.2, 0.25) is 0 Å². The highest BCUT2D eigenvalue weighted by Crippen LogP contribution is 2.32. The molecule has 0 aliphatic carbocycles. The van der Waals surface area contributed by atoms with Gasteiger partial charge in [0.05, 0.1) is 31.8 Å². The van der Waals surface area contributed by atoms with Gasteiger partial charge in [-0.15, -0.1) is 0 Å². The second-order valence-corrected chi connectivity index (χ2v) is 6.72. The maximum Gasteiger partial charge on any atom is 0.275 e. The summed E-state index contributed by atoms with van der Waals surface area (Å²) in [6.45, 7) is 0. The minimum Gasteiger partial charge on any atom is -0.497 e. The third-order valence-electron chi connectivity index (χ3n) is 4.86. The number of nitrogens with one attached hydrogen (secondary N) is 2. The van der Waals surface area contributed by atoms with Crippen LogP contribution >= 0.6 is 0 Å². The summed E-state index contributed by atoms with van der Waals surface area (Å²) < 4.78 is 25.5. The van der Waals surface area contributed by atoms with E-state index in [9.17, 15) is 9.18 Å². The third kappa shape index (κ3) is 3.97. The van der Waals surface area contributed by atoms with Gasteiger partial charge in [0.2, 0.25) is 5.95 Å². The van der Waals surface area contributed by atoms with Crippen molar-refractivity contribution in [2.24, 2.45) is 7.05 Å².